The molecule has 0 aliphatic carbocycles. The Morgan fingerprint density at radius 3 is 2.53 bits per heavy atom. The second-order valence-corrected chi connectivity index (χ2v) is 3.61. The third-order valence-corrected chi connectivity index (χ3v) is 2.33. The van der Waals surface area contributed by atoms with Crippen molar-refractivity contribution >= 4 is 11.7 Å². The van der Waals surface area contributed by atoms with Crippen molar-refractivity contribution in [2.45, 2.75) is 19.3 Å². The number of carboxylic acid groups (broad SMARTS) is 1. The summed E-state index contributed by atoms with van der Waals surface area (Å²) in [5.74, 6) is -0.711. The molecule has 0 heterocycles. The number of benzene rings is 1. The van der Waals surface area contributed by atoms with Gasteiger partial charge in [-0.3, -0.25) is 4.79 Å². The van der Waals surface area contributed by atoms with Gasteiger partial charge in [0.1, 0.15) is 0 Å². The summed E-state index contributed by atoms with van der Waals surface area (Å²) >= 11 is 0. The molecule has 0 fully saturated rings. The molecule has 0 unspecified atom stereocenters. The number of hydrogen-bond donors (Lipinski definition) is 1. The van der Waals surface area contributed by atoms with E-state index in [9.17, 15) is 4.79 Å². The molecule has 3 heteroatoms. The van der Waals surface area contributed by atoms with E-state index in [0.29, 0.717) is 0 Å². The third-order valence-electron chi connectivity index (χ3n) is 2.33. The van der Waals surface area contributed by atoms with Gasteiger partial charge in [0.05, 0.1) is 0 Å². The second kappa shape index (κ2) is 6.06. The van der Waals surface area contributed by atoms with E-state index in [0.717, 1.165) is 19.4 Å². The molecule has 0 aromatic heterocycles. The van der Waals surface area contributed by atoms with Crippen LogP contribution in [0.15, 0.2) is 30.3 Å². The Balaban J connectivity index is 2.25. The standard InChI is InChI=1S/C12H17NO2/c1-13(10-6-5-9-12(14)15)11-7-3-2-4-8-11/h2-4,7-8H,5-6,9-10H2,1H3,(H,14,15). The molecule has 0 atom stereocenters. The van der Waals surface area contributed by atoms with Crippen molar-refractivity contribution in [1.82, 2.24) is 0 Å². The molecular formula is C12H17NO2. The van der Waals surface area contributed by atoms with E-state index >= 15 is 0 Å². The van der Waals surface area contributed by atoms with Crippen molar-refractivity contribution in [3.63, 3.8) is 0 Å². The lowest BCUT2D eigenvalue weighted by Crippen LogP contribution is -2.18. The van der Waals surface area contributed by atoms with Crippen LogP contribution in [0.4, 0.5) is 5.69 Å². The summed E-state index contributed by atoms with van der Waals surface area (Å²) in [4.78, 5) is 12.4. The first-order valence-electron chi connectivity index (χ1n) is 5.18. The van der Waals surface area contributed by atoms with Crippen molar-refractivity contribution < 1.29 is 9.90 Å². The van der Waals surface area contributed by atoms with Gasteiger partial charge in [0, 0.05) is 25.7 Å². The molecule has 0 saturated heterocycles. The lowest BCUT2D eigenvalue weighted by molar-refractivity contribution is -0.137. The zero-order valence-corrected chi connectivity index (χ0v) is 9.02. The molecule has 15 heavy (non-hydrogen) atoms. The van der Waals surface area contributed by atoms with Crippen LogP contribution in [0.25, 0.3) is 0 Å². The van der Waals surface area contributed by atoms with Gasteiger partial charge < -0.3 is 10.0 Å². The Morgan fingerprint density at radius 1 is 1.27 bits per heavy atom. The van der Waals surface area contributed by atoms with Crippen LogP contribution in [0.1, 0.15) is 19.3 Å². The van der Waals surface area contributed by atoms with E-state index in [1.165, 1.54) is 5.69 Å². The SMILES string of the molecule is CN(CCCCC(=O)O)c1ccccc1. The molecule has 0 bridgehead atoms. The summed E-state index contributed by atoms with van der Waals surface area (Å²) in [6.45, 7) is 0.900. The normalized spacial score (nSPS) is 9.93. The minimum Gasteiger partial charge on any atom is -0.481 e. The number of nitrogens with zero attached hydrogens (tertiary/aromatic N) is 1. The maximum absolute atomic E-state index is 10.3. The topological polar surface area (TPSA) is 40.5 Å². The zero-order chi connectivity index (χ0) is 11.1. The molecule has 0 aliphatic heterocycles. The van der Waals surface area contributed by atoms with E-state index in [-0.39, 0.29) is 6.42 Å². The second-order valence-electron chi connectivity index (χ2n) is 3.61. The lowest BCUT2D eigenvalue weighted by Gasteiger charge is -2.18. The van der Waals surface area contributed by atoms with Gasteiger partial charge in [0.2, 0.25) is 0 Å². The Kier molecular flexibility index (Phi) is 4.68. The van der Waals surface area contributed by atoms with Crippen LogP contribution >= 0.6 is 0 Å². The fourth-order valence-corrected chi connectivity index (χ4v) is 1.44. The predicted molar refractivity (Wildman–Crippen MR) is 61.2 cm³/mol. The summed E-state index contributed by atoms with van der Waals surface area (Å²) < 4.78 is 0. The van der Waals surface area contributed by atoms with E-state index in [1.807, 2.05) is 25.2 Å². The maximum Gasteiger partial charge on any atom is 0.303 e. The molecule has 0 saturated carbocycles. The van der Waals surface area contributed by atoms with Gasteiger partial charge in [-0.2, -0.15) is 0 Å². The molecule has 0 spiro atoms. The van der Waals surface area contributed by atoms with E-state index < -0.39 is 5.97 Å². The van der Waals surface area contributed by atoms with Crippen molar-refractivity contribution in [2.75, 3.05) is 18.5 Å². The average molecular weight is 207 g/mol. The van der Waals surface area contributed by atoms with Gasteiger partial charge in [-0.05, 0) is 25.0 Å². The maximum atomic E-state index is 10.3. The predicted octanol–water partition coefficient (Wildman–Crippen LogP) is 2.38. The van der Waals surface area contributed by atoms with E-state index in [2.05, 4.69) is 17.0 Å². The highest BCUT2D eigenvalue weighted by Crippen LogP contribution is 2.11. The lowest BCUT2D eigenvalue weighted by atomic mass is 10.2. The number of rotatable bonds is 6. The number of hydrogen-bond acceptors (Lipinski definition) is 2. The Morgan fingerprint density at radius 2 is 1.93 bits per heavy atom. The summed E-state index contributed by atoms with van der Waals surface area (Å²) in [7, 11) is 2.02. The number of aliphatic carboxylic acids is 1. The average Bonchev–Trinajstić information content (AvgIpc) is 2.25. The first-order chi connectivity index (χ1) is 7.20. The van der Waals surface area contributed by atoms with Gasteiger partial charge >= 0.3 is 5.97 Å². The summed E-state index contributed by atoms with van der Waals surface area (Å²) in [6.07, 6.45) is 1.92. The number of carbonyl (C=O) groups is 1. The van der Waals surface area contributed by atoms with Crippen molar-refractivity contribution in [3.05, 3.63) is 30.3 Å². The fourth-order valence-electron chi connectivity index (χ4n) is 1.44. The number of para-hydroxylation sites is 1. The number of anilines is 1. The van der Waals surface area contributed by atoms with Crippen LogP contribution in [0.2, 0.25) is 0 Å². The van der Waals surface area contributed by atoms with Crippen LogP contribution in [-0.4, -0.2) is 24.7 Å². The van der Waals surface area contributed by atoms with Gasteiger partial charge in [-0.25, -0.2) is 0 Å². The zero-order valence-electron chi connectivity index (χ0n) is 9.02. The number of carboxylic acids is 1. The molecular weight excluding hydrogens is 190 g/mol. The Labute approximate surface area is 90.3 Å². The van der Waals surface area contributed by atoms with Crippen molar-refractivity contribution in [2.24, 2.45) is 0 Å². The van der Waals surface area contributed by atoms with Gasteiger partial charge in [-0.15, -0.1) is 0 Å². The first-order valence-corrected chi connectivity index (χ1v) is 5.18. The Hall–Kier alpha value is -1.51. The van der Waals surface area contributed by atoms with Crippen LogP contribution < -0.4 is 4.90 Å². The molecule has 0 radical (unpaired) electrons. The van der Waals surface area contributed by atoms with E-state index in [4.69, 9.17) is 5.11 Å². The molecule has 0 aliphatic rings. The van der Waals surface area contributed by atoms with Crippen LogP contribution in [-0.2, 0) is 4.79 Å². The highest BCUT2D eigenvalue weighted by molar-refractivity contribution is 5.66. The van der Waals surface area contributed by atoms with Gasteiger partial charge in [0.15, 0.2) is 0 Å². The number of unbranched alkanes of at least 4 members (excludes halogenated alkanes) is 1. The van der Waals surface area contributed by atoms with Crippen LogP contribution in [0.3, 0.4) is 0 Å². The largest absolute Gasteiger partial charge is 0.481 e. The molecule has 0 amide bonds. The Bertz CT molecular complexity index is 298. The summed E-state index contributed by atoms with van der Waals surface area (Å²) in [5.41, 5.74) is 1.17. The quantitative estimate of drug-likeness (QED) is 0.728. The third kappa shape index (κ3) is 4.49. The highest BCUT2D eigenvalue weighted by atomic mass is 16.4. The summed E-state index contributed by atoms with van der Waals surface area (Å²) in [6, 6.07) is 10.1. The molecule has 1 aromatic rings. The first kappa shape index (κ1) is 11.6. The van der Waals surface area contributed by atoms with E-state index in [1.54, 1.807) is 0 Å². The minimum absolute atomic E-state index is 0.266. The fraction of sp³-hybridized carbons (Fsp3) is 0.417. The monoisotopic (exact) mass is 207 g/mol. The minimum atomic E-state index is -0.711. The van der Waals surface area contributed by atoms with Gasteiger partial charge in [-0.1, -0.05) is 18.2 Å². The van der Waals surface area contributed by atoms with Gasteiger partial charge in [0.25, 0.3) is 0 Å². The smallest absolute Gasteiger partial charge is 0.303 e. The van der Waals surface area contributed by atoms with Crippen LogP contribution in [0, 0.1) is 0 Å². The summed E-state index contributed by atoms with van der Waals surface area (Å²) in [5, 5.41) is 8.48. The van der Waals surface area contributed by atoms with Crippen LogP contribution in [0.5, 0.6) is 0 Å². The molecule has 1 N–H and O–H groups in total. The molecule has 1 aromatic carbocycles. The molecule has 82 valence electrons. The van der Waals surface area contributed by atoms with Crippen molar-refractivity contribution in [3.8, 4) is 0 Å². The molecule has 1 rings (SSSR count). The highest BCUT2D eigenvalue weighted by Gasteiger charge is 2.00. The molecule has 3 nitrogen and oxygen atoms in total. The van der Waals surface area contributed by atoms with Crippen molar-refractivity contribution in [1.29, 1.82) is 0 Å².